The lowest BCUT2D eigenvalue weighted by atomic mass is 9.78. The van der Waals surface area contributed by atoms with Crippen LogP contribution in [0, 0.1) is 11.8 Å². The monoisotopic (exact) mass is 218 g/mol. The highest BCUT2D eigenvalue weighted by Gasteiger charge is 2.49. The molecule has 3 heteroatoms. The van der Waals surface area contributed by atoms with Crippen LogP contribution in [0.2, 0.25) is 0 Å². The minimum Gasteiger partial charge on any atom is -0.377 e. The SMILES string of the molecule is COC1(C)[C@H]2C=C[C@@H]1[C@H](Cl)C(Cl)=C2. The second-order valence-electron chi connectivity index (χ2n) is 3.78. The van der Waals surface area contributed by atoms with E-state index in [1.807, 2.05) is 6.08 Å². The molecule has 2 bridgehead atoms. The molecule has 2 rings (SSSR count). The van der Waals surface area contributed by atoms with Gasteiger partial charge in [-0.25, -0.2) is 0 Å². The van der Waals surface area contributed by atoms with Crippen LogP contribution in [0.25, 0.3) is 0 Å². The molecule has 2 aliphatic carbocycles. The second-order valence-corrected chi connectivity index (χ2v) is 4.68. The Labute approximate surface area is 88.4 Å². The van der Waals surface area contributed by atoms with Gasteiger partial charge in [-0.05, 0) is 6.92 Å². The molecular weight excluding hydrogens is 207 g/mol. The van der Waals surface area contributed by atoms with Gasteiger partial charge in [0.25, 0.3) is 0 Å². The second kappa shape index (κ2) is 3.01. The summed E-state index contributed by atoms with van der Waals surface area (Å²) in [6, 6.07) is 0. The number of allylic oxidation sites excluding steroid dienone is 1. The lowest BCUT2D eigenvalue weighted by Crippen LogP contribution is -2.45. The Balaban J connectivity index is 2.41. The van der Waals surface area contributed by atoms with Gasteiger partial charge in [0.15, 0.2) is 0 Å². The van der Waals surface area contributed by atoms with E-state index in [1.165, 1.54) is 0 Å². The highest BCUT2D eigenvalue weighted by molar-refractivity contribution is 6.37. The van der Waals surface area contributed by atoms with E-state index in [1.54, 1.807) is 7.11 Å². The minimum atomic E-state index is -0.204. The van der Waals surface area contributed by atoms with Crippen LogP contribution in [0.4, 0.5) is 0 Å². The zero-order valence-corrected chi connectivity index (χ0v) is 9.14. The van der Waals surface area contributed by atoms with Gasteiger partial charge in [-0.2, -0.15) is 0 Å². The molecule has 0 aliphatic heterocycles. The smallest absolute Gasteiger partial charge is 0.0827 e. The van der Waals surface area contributed by atoms with Gasteiger partial charge in [-0.15, -0.1) is 11.6 Å². The minimum absolute atomic E-state index is 0.137. The van der Waals surface area contributed by atoms with E-state index in [0.29, 0.717) is 0 Å². The van der Waals surface area contributed by atoms with Gasteiger partial charge in [0.1, 0.15) is 0 Å². The third-order valence-electron chi connectivity index (χ3n) is 3.21. The van der Waals surface area contributed by atoms with Gasteiger partial charge in [0.2, 0.25) is 0 Å². The third-order valence-corrected chi connectivity index (χ3v) is 4.19. The van der Waals surface area contributed by atoms with Crippen molar-refractivity contribution in [2.24, 2.45) is 11.8 Å². The fraction of sp³-hybridized carbons (Fsp3) is 0.600. The van der Waals surface area contributed by atoms with Crippen molar-refractivity contribution in [3.8, 4) is 0 Å². The first kappa shape index (κ1) is 9.57. The van der Waals surface area contributed by atoms with Crippen LogP contribution in [0.15, 0.2) is 23.3 Å². The van der Waals surface area contributed by atoms with Crippen molar-refractivity contribution in [1.29, 1.82) is 0 Å². The Hall–Kier alpha value is 0.0200. The van der Waals surface area contributed by atoms with Crippen molar-refractivity contribution in [2.75, 3.05) is 7.11 Å². The Kier molecular flexibility index (Phi) is 2.22. The van der Waals surface area contributed by atoms with E-state index in [0.717, 1.165) is 5.03 Å². The average Bonchev–Trinajstić information content (AvgIpc) is 2.34. The van der Waals surface area contributed by atoms with E-state index >= 15 is 0 Å². The standard InChI is InChI=1S/C10H12Cl2O/c1-10(13-2)6-3-4-7(10)9(12)8(11)5-6/h3-7,9H,1-2H3/t6-,7+,9-,10?/m0/s1. The van der Waals surface area contributed by atoms with Crippen molar-refractivity contribution >= 4 is 23.2 Å². The Morgan fingerprint density at radius 1 is 1.46 bits per heavy atom. The molecule has 4 atom stereocenters. The van der Waals surface area contributed by atoms with Crippen LogP contribution < -0.4 is 0 Å². The third kappa shape index (κ3) is 1.18. The topological polar surface area (TPSA) is 9.23 Å². The number of alkyl halides is 1. The summed E-state index contributed by atoms with van der Waals surface area (Å²) in [6.45, 7) is 2.08. The molecule has 0 radical (unpaired) electrons. The molecule has 0 aromatic rings. The first-order chi connectivity index (χ1) is 6.09. The van der Waals surface area contributed by atoms with Gasteiger partial charge < -0.3 is 4.74 Å². The molecule has 0 saturated heterocycles. The van der Waals surface area contributed by atoms with Crippen LogP contribution in [0.5, 0.6) is 0 Å². The molecule has 0 amide bonds. The molecule has 1 unspecified atom stereocenters. The predicted molar refractivity (Wildman–Crippen MR) is 55.1 cm³/mol. The summed E-state index contributed by atoms with van der Waals surface area (Å²) >= 11 is 12.2. The fourth-order valence-electron chi connectivity index (χ4n) is 2.16. The van der Waals surface area contributed by atoms with Gasteiger partial charge >= 0.3 is 0 Å². The summed E-state index contributed by atoms with van der Waals surface area (Å²) in [6.07, 6.45) is 6.22. The van der Waals surface area contributed by atoms with Gasteiger partial charge in [-0.3, -0.25) is 0 Å². The van der Waals surface area contributed by atoms with Crippen LogP contribution >= 0.6 is 23.2 Å². The van der Waals surface area contributed by atoms with Crippen LogP contribution in [-0.2, 0) is 4.74 Å². The molecule has 2 aliphatic rings. The number of fused-ring (bicyclic) bond motifs is 2. The van der Waals surface area contributed by atoms with Crippen LogP contribution in [0.3, 0.4) is 0 Å². The van der Waals surface area contributed by atoms with Crippen molar-refractivity contribution in [2.45, 2.75) is 17.9 Å². The lowest BCUT2D eigenvalue weighted by molar-refractivity contribution is -0.0418. The molecule has 0 spiro atoms. The summed E-state index contributed by atoms with van der Waals surface area (Å²) in [4.78, 5) is 0. The van der Waals surface area contributed by atoms with Gasteiger partial charge in [0, 0.05) is 24.0 Å². The summed E-state index contributed by atoms with van der Waals surface area (Å²) in [7, 11) is 1.73. The number of methoxy groups -OCH3 is 1. The highest BCUT2D eigenvalue weighted by atomic mass is 35.5. The maximum absolute atomic E-state index is 6.19. The number of hydrogen-bond donors (Lipinski definition) is 0. The van der Waals surface area contributed by atoms with E-state index in [2.05, 4.69) is 19.1 Å². The molecule has 1 nitrogen and oxygen atoms in total. The van der Waals surface area contributed by atoms with E-state index in [4.69, 9.17) is 27.9 Å². The molecule has 0 aromatic carbocycles. The maximum Gasteiger partial charge on any atom is 0.0827 e. The van der Waals surface area contributed by atoms with Gasteiger partial charge in [-0.1, -0.05) is 29.8 Å². The predicted octanol–water partition coefficient (Wildman–Crippen LogP) is 2.94. The fourth-order valence-corrected chi connectivity index (χ4v) is 2.84. The molecule has 0 saturated carbocycles. The average molecular weight is 219 g/mol. The van der Waals surface area contributed by atoms with E-state index in [9.17, 15) is 0 Å². The first-order valence-corrected chi connectivity index (χ1v) is 5.16. The number of rotatable bonds is 1. The summed E-state index contributed by atoms with van der Waals surface area (Å²) in [5.74, 6) is 0.465. The summed E-state index contributed by atoms with van der Waals surface area (Å²) < 4.78 is 5.53. The molecular formula is C10H12Cl2O. The summed E-state index contributed by atoms with van der Waals surface area (Å²) in [5.41, 5.74) is -0.204. The Bertz CT molecular complexity index is 285. The zero-order valence-electron chi connectivity index (χ0n) is 7.63. The van der Waals surface area contributed by atoms with Crippen LogP contribution in [0.1, 0.15) is 6.92 Å². The first-order valence-electron chi connectivity index (χ1n) is 4.34. The Morgan fingerprint density at radius 3 is 2.77 bits per heavy atom. The van der Waals surface area contributed by atoms with E-state index in [-0.39, 0.29) is 22.8 Å². The number of ether oxygens (including phenoxy) is 1. The molecule has 0 N–H and O–H groups in total. The van der Waals surface area contributed by atoms with Crippen molar-refractivity contribution in [1.82, 2.24) is 0 Å². The zero-order chi connectivity index (χ0) is 9.64. The maximum atomic E-state index is 6.19. The Morgan fingerprint density at radius 2 is 2.15 bits per heavy atom. The molecule has 0 heterocycles. The molecule has 13 heavy (non-hydrogen) atoms. The van der Waals surface area contributed by atoms with E-state index < -0.39 is 0 Å². The number of hydrogen-bond acceptors (Lipinski definition) is 1. The number of halogens is 2. The normalized spacial score (nSPS) is 48.0. The molecule has 0 fully saturated rings. The van der Waals surface area contributed by atoms with Crippen molar-refractivity contribution in [3.05, 3.63) is 23.3 Å². The lowest BCUT2D eigenvalue weighted by Gasteiger charge is -2.40. The van der Waals surface area contributed by atoms with Crippen molar-refractivity contribution < 1.29 is 4.74 Å². The molecule has 72 valence electrons. The largest absolute Gasteiger partial charge is 0.377 e. The quantitative estimate of drug-likeness (QED) is 0.486. The van der Waals surface area contributed by atoms with Gasteiger partial charge in [0.05, 0.1) is 11.0 Å². The molecule has 0 aromatic heterocycles. The van der Waals surface area contributed by atoms with Crippen LogP contribution in [-0.4, -0.2) is 18.1 Å². The summed E-state index contributed by atoms with van der Waals surface area (Å²) in [5, 5.41) is 0.609. The highest BCUT2D eigenvalue weighted by Crippen LogP contribution is 2.48. The van der Waals surface area contributed by atoms with Crippen molar-refractivity contribution in [3.63, 3.8) is 0 Å².